The molecule has 0 fully saturated rings. The summed E-state index contributed by atoms with van der Waals surface area (Å²) in [4.78, 5) is 22.0. The van der Waals surface area contributed by atoms with Crippen LogP contribution in [0.2, 0.25) is 0 Å². The van der Waals surface area contributed by atoms with Crippen LogP contribution < -0.4 is 15.4 Å². The van der Waals surface area contributed by atoms with Gasteiger partial charge in [0, 0.05) is 30.9 Å². The highest BCUT2D eigenvalue weighted by atomic mass is 16.6. The molecule has 0 bridgehead atoms. The lowest BCUT2D eigenvalue weighted by atomic mass is 10.1. The first kappa shape index (κ1) is 17.3. The first-order valence-corrected chi connectivity index (χ1v) is 7.46. The van der Waals surface area contributed by atoms with Crippen LogP contribution in [-0.2, 0) is 11.2 Å². The SMILES string of the molecule is COc1cccc(CC(=O)NCCNc2ccc([N+](=O)[O-])cc2)c1. The number of nitrogens with zero attached hydrogens (tertiary/aromatic N) is 1. The zero-order chi connectivity index (χ0) is 17.4. The standard InChI is InChI=1S/C17H19N3O4/c1-24-16-4-2-3-13(11-16)12-17(21)19-10-9-18-14-5-7-15(8-6-14)20(22)23/h2-8,11,18H,9-10,12H2,1H3,(H,19,21). The maximum absolute atomic E-state index is 11.9. The van der Waals surface area contributed by atoms with Gasteiger partial charge in [0.1, 0.15) is 5.75 Å². The van der Waals surface area contributed by atoms with Crippen molar-refractivity contribution in [2.45, 2.75) is 6.42 Å². The number of rotatable bonds is 8. The predicted molar refractivity (Wildman–Crippen MR) is 91.3 cm³/mol. The molecule has 2 rings (SSSR count). The maximum Gasteiger partial charge on any atom is 0.269 e. The number of non-ortho nitro benzene ring substituents is 1. The molecular weight excluding hydrogens is 310 g/mol. The van der Waals surface area contributed by atoms with Gasteiger partial charge in [0.05, 0.1) is 18.5 Å². The van der Waals surface area contributed by atoms with Crippen molar-refractivity contribution in [1.82, 2.24) is 5.32 Å². The zero-order valence-electron chi connectivity index (χ0n) is 13.3. The van der Waals surface area contributed by atoms with Crippen molar-refractivity contribution in [2.24, 2.45) is 0 Å². The number of nitro benzene ring substituents is 1. The Bertz CT molecular complexity index is 701. The molecule has 0 saturated heterocycles. The first-order valence-electron chi connectivity index (χ1n) is 7.46. The molecule has 0 heterocycles. The molecule has 0 unspecified atom stereocenters. The van der Waals surface area contributed by atoms with Gasteiger partial charge in [-0.3, -0.25) is 14.9 Å². The van der Waals surface area contributed by atoms with Gasteiger partial charge in [-0.1, -0.05) is 12.1 Å². The summed E-state index contributed by atoms with van der Waals surface area (Å²) in [5.41, 5.74) is 1.70. The molecule has 2 aromatic rings. The van der Waals surface area contributed by atoms with Crippen molar-refractivity contribution < 1.29 is 14.5 Å². The van der Waals surface area contributed by atoms with Crippen LogP contribution >= 0.6 is 0 Å². The van der Waals surface area contributed by atoms with E-state index >= 15 is 0 Å². The van der Waals surface area contributed by atoms with E-state index in [-0.39, 0.29) is 18.0 Å². The second kappa shape index (κ2) is 8.52. The Morgan fingerprint density at radius 1 is 1.17 bits per heavy atom. The number of nitro groups is 1. The van der Waals surface area contributed by atoms with Gasteiger partial charge in [-0.25, -0.2) is 0 Å². The molecule has 7 heteroatoms. The van der Waals surface area contributed by atoms with Crippen LogP contribution in [0.4, 0.5) is 11.4 Å². The molecule has 7 nitrogen and oxygen atoms in total. The van der Waals surface area contributed by atoms with Gasteiger partial charge >= 0.3 is 0 Å². The number of nitrogens with one attached hydrogen (secondary N) is 2. The predicted octanol–water partition coefficient (Wildman–Crippen LogP) is 2.37. The number of amides is 1. The van der Waals surface area contributed by atoms with Crippen molar-refractivity contribution >= 4 is 17.3 Å². The van der Waals surface area contributed by atoms with Crippen molar-refractivity contribution in [3.63, 3.8) is 0 Å². The number of methoxy groups -OCH3 is 1. The van der Waals surface area contributed by atoms with Crippen molar-refractivity contribution in [1.29, 1.82) is 0 Å². The fourth-order valence-electron chi connectivity index (χ4n) is 2.14. The Kier molecular flexibility index (Phi) is 6.13. The molecule has 0 saturated carbocycles. The van der Waals surface area contributed by atoms with Gasteiger partial charge in [-0.05, 0) is 29.8 Å². The van der Waals surface area contributed by atoms with E-state index in [2.05, 4.69) is 10.6 Å². The van der Waals surface area contributed by atoms with E-state index < -0.39 is 4.92 Å². The van der Waals surface area contributed by atoms with Crippen LogP contribution in [0.3, 0.4) is 0 Å². The Morgan fingerprint density at radius 2 is 1.92 bits per heavy atom. The minimum Gasteiger partial charge on any atom is -0.497 e. The summed E-state index contributed by atoms with van der Waals surface area (Å²) in [5.74, 6) is 0.647. The molecule has 1 amide bonds. The Hall–Kier alpha value is -3.09. The minimum absolute atomic E-state index is 0.0483. The topological polar surface area (TPSA) is 93.5 Å². The average molecular weight is 329 g/mol. The number of ether oxygens (including phenoxy) is 1. The summed E-state index contributed by atoms with van der Waals surface area (Å²) in [7, 11) is 1.59. The van der Waals surface area contributed by atoms with Crippen molar-refractivity contribution in [2.75, 3.05) is 25.5 Å². The van der Waals surface area contributed by atoms with E-state index in [0.29, 0.717) is 13.1 Å². The number of hydrogen-bond donors (Lipinski definition) is 2. The first-order chi connectivity index (χ1) is 11.6. The van der Waals surface area contributed by atoms with Gasteiger partial charge < -0.3 is 15.4 Å². The third-order valence-electron chi connectivity index (χ3n) is 3.35. The summed E-state index contributed by atoms with van der Waals surface area (Å²) >= 11 is 0. The number of carbonyl (C=O) groups is 1. The van der Waals surface area contributed by atoms with Gasteiger partial charge in [-0.2, -0.15) is 0 Å². The van der Waals surface area contributed by atoms with Crippen molar-refractivity contribution in [3.8, 4) is 5.75 Å². The molecule has 0 spiro atoms. The highest BCUT2D eigenvalue weighted by Gasteiger charge is 2.05. The summed E-state index contributed by atoms with van der Waals surface area (Å²) < 4.78 is 5.12. The largest absolute Gasteiger partial charge is 0.497 e. The summed E-state index contributed by atoms with van der Waals surface area (Å²) in [5, 5.41) is 16.5. The average Bonchev–Trinajstić information content (AvgIpc) is 2.59. The molecule has 0 aliphatic heterocycles. The Morgan fingerprint density at radius 3 is 2.58 bits per heavy atom. The fraction of sp³-hybridized carbons (Fsp3) is 0.235. The van der Waals surface area contributed by atoms with E-state index in [4.69, 9.17) is 4.74 Å². The quantitative estimate of drug-likeness (QED) is 0.440. The fourth-order valence-corrected chi connectivity index (χ4v) is 2.14. The van der Waals surface area contributed by atoms with Gasteiger partial charge in [0.25, 0.3) is 5.69 Å². The normalized spacial score (nSPS) is 10.0. The summed E-state index contributed by atoms with van der Waals surface area (Å²) in [6, 6.07) is 13.5. The molecular formula is C17H19N3O4. The molecule has 2 N–H and O–H groups in total. The number of benzene rings is 2. The highest BCUT2D eigenvalue weighted by Crippen LogP contribution is 2.15. The van der Waals surface area contributed by atoms with Crippen LogP contribution in [0.15, 0.2) is 48.5 Å². The molecule has 0 aliphatic carbocycles. The molecule has 0 radical (unpaired) electrons. The number of anilines is 1. The molecule has 2 aromatic carbocycles. The molecule has 24 heavy (non-hydrogen) atoms. The third kappa shape index (κ3) is 5.28. The third-order valence-corrected chi connectivity index (χ3v) is 3.35. The maximum atomic E-state index is 11.9. The smallest absolute Gasteiger partial charge is 0.269 e. The second-order valence-corrected chi connectivity index (χ2v) is 5.11. The molecule has 126 valence electrons. The van der Waals surface area contributed by atoms with Gasteiger partial charge in [-0.15, -0.1) is 0 Å². The van der Waals surface area contributed by atoms with Crippen LogP contribution in [0, 0.1) is 10.1 Å². The monoisotopic (exact) mass is 329 g/mol. The Labute approximate surface area is 139 Å². The van der Waals surface area contributed by atoms with Crippen LogP contribution in [0.1, 0.15) is 5.56 Å². The highest BCUT2D eigenvalue weighted by molar-refractivity contribution is 5.78. The van der Waals surface area contributed by atoms with Gasteiger partial charge in [0.15, 0.2) is 0 Å². The number of hydrogen-bond acceptors (Lipinski definition) is 5. The lowest BCUT2D eigenvalue weighted by Crippen LogP contribution is -2.30. The minimum atomic E-state index is -0.442. The van der Waals surface area contributed by atoms with E-state index in [0.717, 1.165) is 17.0 Å². The van der Waals surface area contributed by atoms with E-state index in [1.54, 1.807) is 19.2 Å². The lowest BCUT2D eigenvalue weighted by molar-refractivity contribution is -0.384. The molecule has 0 aromatic heterocycles. The van der Waals surface area contributed by atoms with Crippen LogP contribution in [0.25, 0.3) is 0 Å². The number of carbonyl (C=O) groups excluding carboxylic acids is 1. The summed E-state index contributed by atoms with van der Waals surface area (Å²) in [6.45, 7) is 0.988. The van der Waals surface area contributed by atoms with Crippen LogP contribution in [-0.4, -0.2) is 31.0 Å². The molecule has 0 atom stereocenters. The molecule has 0 aliphatic rings. The second-order valence-electron chi connectivity index (χ2n) is 5.11. The lowest BCUT2D eigenvalue weighted by Gasteiger charge is -2.08. The van der Waals surface area contributed by atoms with Crippen LogP contribution in [0.5, 0.6) is 5.75 Å². The van der Waals surface area contributed by atoms with E-state index in [9.17, 15) is 14.9 Å². The van der Waals surface area contributed by atoms with E-state index in [1.165, 1.54) is 12.1 Å². The van der Waals surface area contributed by atoms with Crippen molar-refractivity contribution in [3.05, 3.63) is 64.2 Å². The zero-order valence-corrected chi connectivity index (χ0v) is 13.3. The van der Waals surface area contributed by atoms with E-state index in [1.807, 2.05) is 24.3 Å². The summed E-state index contributed by atoms with van der Waals surface area (Å²) in [6.07, 6.45) is 0.286. The van der Waals surface area contributed by atoms with Gasteiger partial charge in [0.2, 0.25) is 5.91 Å². The Balaban J connectivity index is 1.71.